The molecule has 3 N–H and O–H groups in total. The van der Waals surface area contributed by atoms with Crippen LogP contribution in [0.5, 0.6) is 0 Å². The van der Waals surface area contributed by atoms with Gasteiger partial charge in [-0.3, -0.25) is 9.59 Å². The van der Waals surface area contributed by atoms with Gasteiger partial charge in [0.05, 0.1) is 6.10 Å². The third kappa shape index (κ3) is 6.26. The predicted octanol–water partition coefficient (Wildman–Crippen LogP) is 2.16. The average Bonchev–Trinajstić information content (AvgIpc) is 2.33. The lowest BCUT2D eigenvalue weighted by Gasteiger charge is -2.26. The molecule has 5 heteroatoms. The first-order valence-corrected chi connectivity index (χ1v) is 7.44. The van der Waals surface area contributed by atoms with E-state index in [9.17, 15) is 14.7 Å². The van der Waals surface area contributed by atoms with Crippen molar-refractivity contribution in [3.05, 3.63) is 29.3 Å². The molecule has 0 saturated carbocycles. The van der Waals surface area contributed by atoms with Crippen LogP contribution in [-0.4, -0.2) is 29.6 Å². The highest BCUT2D eigenvalue weighted by atomic mass is 16.3. The molecule has 0 aliphatic rings. The van der Waals surface area contributed by atoms with Crippen LogP contribution in [0.25, 0.3) is 0 Å². The summed E-state index contributed by atoms with van der Waals surface area (Å²) in [5.74, 6) is -1.35. The Morgan fingerprint density at radius 3 is 2.18 bits per heavy atom. The summed E-state index contributed by atoms with van der Waals surface area (Å²) < 4.78 is 0. The zero-order chi connectivity index (χ0) is 16.9. The summed E-state index contributed by atoms with van der Waals surface area (Å²) in [7, 11) is 0. The zero-order valence-electron chi connectivity index (χ0n) is 14.0. The molecule has 1 aromatic rings. The molecular formula is C17H26N2O3. The number of anilines is 1. The SMILES string of the molecule is Cc1cc(C)cc(NC(=O)C(=O)NCC(C)(C)CC(C)O)c1. The summed E-state index contributed by atoms with van der Waals surface area (Å²) in [5, 5.41) is 14.6. The molecule has 0 bridgehead atoms. The van der Waals surface area contributed by atoms with Crippen LogP contribution in [0.1, 0.15) is 38.3 Å². The molecule has 0 saturated heterocycles. The van der Waals surface area contributed by atoms with E-state index in [-0.39, 0.29) is 5.41 Å². The summed E-state index contributed by atoms with van der Waals surface area (Å²) in [4.78, 5) is 23.8. The fraction of sp³-hybridized carbons (Fsp3) is 0.529. The van der Waals surface area contributed by atoms with E-state index in [1.165, 1.54) is 0 Å². The van der Waals surface area contributed by atoms with Gasteiger partial charge in [-0.2, -0.15) is 0 Å². The summed E-state index contributed by atoms with van der Waals surface area (Å²) in [6, 6.07) is 5.62. The smallest absolute Gasteiger partial charge is 0.313 e. The lowest BCUT2D eigenvalue weighted by Crippen LogP contribution is -2.41. The predicted molar refractivity (Wildman–Crippen MR) is 87.6 cm³/mol. The maximum Gasteiger partial charge on any atom is 0.313 e. The van der Waals surface area contributed by atoms with E-state index in [0.29, 0.717) is 18.7 Å². The average molecular weight is 306 g/mol. The van der Waals surface area contributed by atoms with Gasteiger partial charge in [0.2, 0.25) is 0 Å². The number of benzene rings is 1. The van der Waals surface area contributed by atoms with E-state index in [1.54, 1.807) is 6.92 Å². The van der Waals surface area contributed by atoms with Gasteiger partial charge in [0, 0.05) is 12.2 Å². The highest BCUT2D eigenvalue weighted by molar-refractivity contribution is 6.39. The third-order valence-corrected chi connectivity index (χ3v) is 3.26. The summed E-state index contributed by atoms with van der Waals surface area (Å²) in [5.41, 5.74) is 2.38. The molecule has 0 fully saturated rings. The molecule has 5 nitrogen and oxygen atoms in total. The van der Waals surface area contributed by atoms with Crippen molar-refractivity contribution in [3.8, 4) is 0 Å². The van der Waals surface area contributed by atoms with Gasteiger partial charge in [-0.05, 0) is 55.9 Å². The fourth-order valence-corrected chi connectivity index (χ4v) is 2.51. The first kappa shape index (κ1) is 18.2. The van der Waals surface area contributed by atoms with Gasteiger partial charge >= 0.3 is 11.8 Å². The standard InChI is InChI=1S/C17H26N2O3/c1-11-6-12(2)8-14(7-11)19-16(22)15(21)18-10-17(4,5)9-13(3)20/h6-8,13,20H,9-10H2,1-5H3,(H,18,21)(H,19,22). The molecule has 1 aromatic carbocycles. The lowest BCUT2D eigenvalue weighted by atomic mass is 9.87. The zero-order valence-corrected chi connectivity index (χ0v) is 14.0. The van der Waals surface area contributed by atoms with Crippen molar-refractivity contribution in [1.29, 1.82) is 0 Å². The van der Waals surface area contributed by atoms with Gasteiger partial charge in [-0.1, -0.05) is 19.9 Å². The molecular weight excluding hydrogens is 280 g/mol. The van der Waals surface area contributed by atoms with Crippen LogP contribution in [0.4, 0.5) is 5.69 Å². The maximum absolute atomic E-state index is 11.9. The van der Waals surface area contributed by atoms with Crippen molar-refractivity contribution in [1.82, 2.24) is 5.32 Å². The normalized spacial score (nSPS) is 12.6. The molecule has 22 heavy (non-hydrogen) atoms. The largest absolute Gasteiger partial charge is 0.393 e. The first-order valence-electron chi connectivity index (χ1n) is 7.44. The molecule has 0 aliphatic heterocycles. The molecule has 0 spiro atoms. The highest BCUT2D eigenvalue weighted by Crippen LogP contribution is 2.21. The summed E-state index contributed by atoms with van der Waals surface area (Å²) >= 11 is 0. The minimum absolute atomic E-state index is 0.274. The van der Waals surface area contributed by atoms with Crippen LogP contribution in [0, 0.1) is 19.3 Å². The molecule has 2 amide bonds. The Hall–Kier alpha value is -1.88. The Kier molecular flexibility index (Phi) is 6.11. The number of rotatable bonds is 5. The maximum atomic E-state index is 11.9. The van der Waals surface area contributed by atoms with Gasteiger partial charge in [0.1, 0.15) is 0 Å². The van der Waals surface area contributed by atoms with Gasteiger partial charge < -0.3 is 15.7 Å². The first-order chi connectivity index (χ1) is 10.1. The van der Waals surface area contributed by atoms with E-state index in [0.717, 1.165) is 11.1 Å². The van der Waals surface area contributed by atoms with E-state index < -0.39 is 17.9 Å². The molecule has 122 valence electrons. The lowest BCUT2D eigenvalue weighted by molar-refractivity contribution is -0.136. The van der Waals surface area contributed by atoms with E-state index >= 15 is 0 Å². The minimum Gasteiger partial charge on any atom is -0.393 e. The van der Waals surface area contributed by atoms with Crippen molar-refractivity contribution in [2.45, 2.75) is 47.1 Å². The summed E-state index contributed by atoms with van der Waals surface area (Å²) in [6.07, 6.45) is 0.0994. The third-order valence-electron chi connectivity index (χ3n) is 3.26. The number of carbonyl (C=O) groups is 2. The highest BCUT2D eigenvalue weighted by Gasteiger charge is 2.23. The number of carbonyl (C=O) groups excluding carboxylic acids is 2. The monoisotopic (exact) mass is 306 g/mol. The van der Waals surface area contributed by atoms with Crippen LogP contribution in [0.3, 0.4) is 0 Å². The number of aliphatic hydroxyl groups excluding tert-OH is 1. The van der Waals surface area contributed by atoms with Crippen molar-refractivity contribution in [2.75, 3.05) is 11.9 Å². The Morgan fingerprint density at radius 2 is 1.68 bits per heavy atom. The van der Waals surface area contributed by atoms with E-state index in [1.807, 2.05) is 45.9 Å². The second-order valence-corrected chi connectivity index (χ2v) is 6.73. The van der Waals surface area contributed by atoms with Gasteiger partial charge in [0.15, 0.2) is 0 Å². The second kappa shape index (κ2) is 7.40. The van der Waals surface area contributed by atoms with Crippen LogP contribution < -0.4 is 10.6 Å². The van der Waals surface area contributed by atoms with Gasteiger partial charge in [0.25, 0.3) is 0 Å². The van der Waals surface area contributed by atoms with Crippen LogP contribution >= 0.6 is 0 Å². The Morgan fingerprint density at radius 1 is 1.14 bits per heavy atom. The Labute approximate surface area is 132 Å². The molecule has 1 unspecified atom stereocenters. The number of nitrogens with one attached hydrogen (secondary N) is 2. The van der Waals surface area contributed by atoms with Crippen molar-refractivity contribution in [2.24, 2.45) is 5.41 Å². The Bertz CT molecular complexity index is 531. The van der Waals surface area contributed by atoms with E-state index in [2.05, 4.69) is 10.6 Å². The number of amides is 2. The molecule has 0 heterocycles. The molecule has 1 atom stereocenters. The molecule has 1 rings (SSSR count). The van der Waals surface area contributed by atoms with E-state index in [4.69, 9.17) is 0 Å². The van der Waals surface area contributed by atoms with Crippen LogP contribution in [0.15, 0.2) is 18.2 Å². The summed E-state index contributed by atoms with van der Waals surface area (Å²) in [6.45, 7) is 9.76. The molecule has 0 radical (unpaired) electrons. The number of aryl methyl sites for hydroxylation is 2. The van der Waals surface area contributed by atoms with Crippen molar-refractivity contribution < 1.29 is 14.7 Å². The van der Waals surface area contributed by atoms with Crippen LogP contribution in [0.2, 0.25) is 0 Å². The number of aliphatic hydroxyl groups is 1. The molecule has 0 aliphatic carbocycles. The van der Waals surface area contributed by atoms with Gasteiger partial charge in [-0.25, -0.2) is 0 Å². The minimum atomic E-state index is -0.683. The molecule has 0 aromatic heterocycles. The fourth-order valence-electron chi connectivity index (χ4n) is 2.51. The second-order valence-electron chi connectivity index (χ2n) is 6.73. The van der Waals surface area contributed by atoms with Crippen molar-refractivity contribution in [3.63, 3.8) is 0 Å². The number of hydrogen-bond acceptors (Lipinski definition) is 3. The van der Waals surface area contributed by atoms with Crippen LogP contribution in [-0.2, 0) is 9.59 Å². The Balaban J connectivity index is 2.57. The van der Waals surface area contributed by atoms with Crippen molar-refractivity contribution >= 4 is 17.5 Å². The van der Waals surface area contributed by atoms with Gasteiger partial charge in [-0.15, -0.1) is 0 Å². The topological polar surface area (TPSA) is 78.4 Å². The quantitative estimate of drug-likeness (QED) is 0.729. The number of hydrogen-bond donors (Lipinski definition) is 3.